The summed E-state index contributed by atoms with van der Waals surface area (Å²) < 4.78 is 4.96. The van der Waals surface area contributed by atoms with Gasteiger partial charge in [0.15, 0.2) is 0 Å². The fourth-order valence-electron chi connectivity index (χ4n) is 2.77. The van der Waals surface area contributed by atoms with Gasteiger partial charge in [0.2, 0.25) is 0 Å². The molecule has 2 nitrogen and oxygen atoms in total. The van der Waals surface area contributed by atoms with E-state index in [9.17, 15) is 4.79 Å². The zero-order chi connectivity index (χ0) is 12.5. The topological polar surface area (TPSA) is 26.3 Å². The van der Waals surface area contributed by atoms with Crippen LogP contribution in [0.5, 0.6) is 0 Å². The zero-order valence-corrected chi connectivity index (χ0v) is 11.5. The predicted octanol–water partition coefficient (Wildman–Crippen LogP) is 4.33. The molecule has 0 bridgehead atoms. The maximum atomic E-state index is 10.6. The fourth-order valence-corrected chi connectivity index (χ4v) is 2.77. The maximum Gasteiger partial charge on any atom is 0.302 e. The van der Waals surface area contributed by atoms with Crippen molar-refractivity contribution in [1.29, 1.82) is 0 Å². The van der Waals surface area contributed by atoms with Crippen LogP contribution in [-0.4, -0.2) is 12.6 Å². The fraction of sp³-hybridized carbons (Fsp3) is 0.933. The highest BCUT2D eigenvalue weighted by atomic mass is 16.5. The number of carbonyl (C=O) groups is 1. The van der Waals surface area contributed by atoms with Gasteiger partial charge in [-0.05, 0) is 18.3 Å². The average Bonchev–Trinajstić information content (AvgIpc) is 2.76. The quantitative estimate of drug-likeness (QED) is 0.466. The van der Waals surface area contributed by atoms with Gasteiger partial charge >= 0.3 is 5.97 Å². The van der Waals surface area contributed by atoms with Crippen LogP contribution in [0.2, 0.25) is 0 Å². The molecule has 0 aromatic carbocycles. The highest BCUT2D eigenvalue weighted by Gasteiger charge is 2.14. The smallest absolute Gasteiger partial charge is 0.302 e. The second-order valence-corrected chi connectivity index (χ2v) is 5.67. The SMILES string of the molecule is CC(=O)OCC[C@@H](C)CCCCC1CCCC1. The van der Waals surface area contributed by atoms with E-state index in [1.165, 1.54) is 58.3 Å². The van der Waals surface area contributed by atoms with Crippen molar-refractivity contribution in [1.82, 2.24) is 0 Å². The molecule has 1 rings (SSSR count). The molecule has 2 heteroatoms. The average molecular weight is 240 g/mol. The number of hydrogen-bond acceptors (Lipinski definition) is 2. The van der Waals surface area contributed by atoms with Crippen LogP contribution < -0.4 is 0 Å². The third-order valence-electron chi connectivity index (χ3n) is 3.95. The molecule has 100 valence electrons. The summed E-state index contributed by atoms with van der Waals surface area (Å²) in [6.07, 6.45) is 12.4. The van der Waals surface area contributed by atoms with E-state index in [1.54, 1.807) is 0 Å². The molecule has 1 aliphatic carbocycles. The van der Waals surface area contributed by atoms with Crippen LogP contribution in [-0.2, 0) is 9.53 Å². The molecule has 0 N–H and O–H groups in total. The van der Waals surface area contributed by atoms with Crippen LogP contribution in [0.3, 0.4) is 0 Å². The Morgan fingerprint density at radius 3 is 2.59 bits per heavy atom. The first-order valence-corrected chi connectivity index (χ1v) is 7.32. The van der Waals surface area contributed by atoms with Crippen LogP contribution in [0.1, 0.15) is 71.6 Å². The minimum Gasteiger partial charge on any atom is -0.466 e. The lowest BCUT2D eigenvalue weighted by Gasteiger charge is -2.12. The van der Waals surface area contributed by atoms with Gasteiger partial charge in [-0.2, -0.15) is 0 Å². The van der Waals surface area contributed by atoms with Crippen molar-refractivity contribution in [2.75, 3.05) is 6.61 Å². The van der Waals surface area contributed by atoms with Crippen LogP contribution >= 0.6 is 0 Å². The van der Waals surface area contributed by atoms with E-state index in [2.05, 4.69) is 6.92 Å². The third-order valence-corrected chi connectivity index (χ3v) is 3.95. The minimum atomic E-state index is -0.154. The number of carbonyl (C=O) groups excluding carboxylic acids is 1. The van der Waals surface area contributed by atoms with Gasteiger partial charge in [0.05, 0.1) is 6.61 Å². The van der Waals surface area contributed by atoms with Crippen LogP contribution in [0.4, 0.5) is 0 Å². The molecular weight excluding hydrogens is 212 g/mol. The van der Waals surface area contributed by atoms with Crippen LogP contribution in [0.25, 0.3) is 0 Å². The molecule has 0 saturated heterocycles. The van der Waals surface area contributed by atoms with Crippen molar-refractivity contribution >= 4 is 5.97 Å². The molecule has 0 spiro atoms. The van der Waals surface area contributed by atoms with E-state index in [0.717, 1.165) is 12.3 Å². The Balaban J connectivity index is 1.88. The van der Waals surface area contributed by atoms with Crippen molar-refractivity contribution < 1.29 is 9.53 Å². The standard InChI is InChI=1S/C15H28O2/c1-13(11-12-17-14(2)16)7-3-4-8-15-9-5-6-10-15/h13,15H,3-12H2,1-2H3/t13-/m0/s1. The number of ether oxygens (including phenoxy) is 1. The van der Waals surface area contributed by atoms with Crippen molar-refractivity contribution in [3.63, 3.8) is 0 Å². The van der Waals surface area contributed by atoms with E-state index in [4.69, 9.17) is 4.74 Å². The van der Waals surface area contributed by atoms with E-state index < -0.39 is 0 Å². The molecule has 0 aromatic heterocycles. The van der Waals surface area contributed by atoms with Gasteiger partial charge < -0.3 is 4.74 Å². The molecular formula is C15H28O2. The molecule has 0 amide bonds. The third kappa shape index (κ3) is 7.40. The van der Waals surface area contributed by atoms with Crippen molar-refractivity contribution in [2.24, 2.45) is 11.8 Å². The number of hydrogen-bond donors (Lipinski definition) is 0. The lowest BCUT2D eigenvalue weighted by atomic mass is 9.96. The van der Waals surface area contributed by atoms with Gasteiger partial charge in [-0.3, -0.25) is 4.79 Å². The second-order valence-electron chi connectivity index (χ2n) is 5.67. The summed E-state index contributed by atoms with van der Waals surface area (Å²) in [6.45, 7) is 4.34. The van der Waals surface area contributed by atoms with Gasteiger partial charge in [-0.25, -0.2) is 0 Å². The molecule has 0 aliphatic heterocycles. The number of unbranched alkanes of at least 4 members (excludes halogenated alkanes) is 1. The molecule has 1 saturated carbocycles. The molecule has 1 aliphatic rings. The van der Waals surface area contributed by atoms with Crippen molar-refractivity contribution in [2.45, 2.75) is 71.6 Å². The summed E-state index contributed by atoms with van der Waals surface area (Å²) in [5.41, 5.74) is 0. The number of rotatable bonds is 8. The summed E-state index contributed by atoms with van der Waals surface area (Å²) in [5.74, 6) is 1.57. The normalized spacial score (nSPS) is 18.2. The lowest BCUT2D eigenvalue weighted by molar-refractivity contribution is -0.141. The number of esters is 1. The predicted molar refractivity (Wildman–Crippen MR) is 70.8 cm³/mol. The first-order chi connectivity index (χ1) is 8.18. The van der Waals surface area contributed by atoms with E-state index >= 15 is 0 Å². The Hall–Kier alpha value is -0.530. The summed E-state index contributed by atoms with van der Waals surface area (Å²) >= 11 is 0. The van der Waals surface area contributed by atoms with Gasteiger partial charge in [0.1, 0.15) is 0 Å². The molecule has 17 heavy (non-hydrogen) atoms. The summed E-state index contributed by atoms with van der Waals surface area (Å²) in [4.78, 5) is 10.6. The van der Waals surface area contributed by atoms with Gasteiger partial charge in [-0.15, -0.1) is 0 Å². The van der Waals surface area contributed by atoms with E-state index in [0.29, 0.717) is 12.5 Å². The zero-order valence-electron chi connectivity index (χ0n) is 11.5. The van der Waals surface area contributed by atoms with E-state index in [-0.39, 0.29) is 5.97 Å². The summed E-state index contributed by atoms with van der Waals surface area (Å²) in [6, 6.07) is 0. The van der Waals surface area contributed by atoms with Gasteiger partial charge in [0, 0.05) is 6.92 Å². The highest BCUT2D eigenvalue weighted by Crippen LogP contribution is 2.29. The largest absolute Gasteiger partial charge is 0.466 e. The lowest BCUT2D eigenvalue weighted by Crippen LogP contribution is -2.05. The molecule has 1 atom stereocenters. The first-order valence-electron chi connectivity index (χ1n) is 7.32. The monoisotopic (exact) mass is 240 g/mol. The summed E-state index contributed by atoms with van der Waals surface area (Å²) in [7, 11) is 0. The Kier molecular flexibility index (Phi) is 7.30. The molecule has 0 radical (unpaired) electrons. The second kappa shape index (κ2) is 8.54. The molecule has 1 fully saturated rings. The van der Waals surface area contributed by atoms with Gasteiger partial charge in [0.25, 0.3) is 0 Å². The van der Waals surface area contributed by atoms with Crippen LogP contribution in [0.15, 0.2) is 0 Å². The van der Waals surface area contributed by atoms with E-state index in [1.807, 2.05) is 0 Å². The summed E-state index contributed by atoms with van der Waals surface area (Å²) in [5, 5.41) is 0. The van der Waals surface area contributed by atoms with Crippen LogP contribution in [0, 0.1) is 11.8 Å². The van der Waals surface area contributed by atoms with Crippen molar-refractivity contribution in [3.05, 3.63) is 0 Å². The van der Waals surface area contributed by atoms with Crippen molar-refractivity contribution in [3.8, 4) is 0 Å². The maximum absolute atomic E-state index is 10.6. The van der Waals surface area contributed by atoms with Gasteiger partial charge in [-0.1, -0.05) is 58.3 Å². The molecule has 0 unspecified atom stereocenters. The highest BCUT2D eigenvalue weighted by molar-refractivity contribution is 5.65. The molecule has 0 heterocycles. The Morgan fingerprint density at radius 2 is 1.94 bits per heavy atom. The Morgan fingerprint density at radius 1 is 1.24 bits per heavy atom. The minimum absolute atomic E-state index is 0.154. The Labute approximate surface area is 106 Å². The molecule has 0 aromatic rings. The Bertz CT molecular complexity index is 207. The first kappa shape index (κ1) is 14.5.